The van der Waals surface area contributed by atoms with E-state index in [0.717, 1.165) is 35.7 Å². The zero-order valence-electron chi connectivity index (χ0n) is 13.2. The minimum Gasteiger partial charge on any atom is -0.381 e. The van der Waals surface area contributed by atoms with Crippen molar-refractivity contribution in [1.82, 2.24) is 10.3 Å². The third-order valence-corrected chi connectivity index (χ3v) is 4.52. The first-order valence-electron chi connectivity index (χ1n) is 7.81. The van der Waals surface area contributed by atoms with Gasteiger partial charge in [-0.3, -0.25) is 4.79 Å². The van der Waals surface area contributed by atoms with Crippen molar-refractivity contribution < 1.29 is 9.53 Å². The Labute approximate surface area is 142 Å². The first-order valence-corrected chi connectivity index (χ1v) is 7.81. The largest absolute Gasteiger partial charge is 0.381 e. The predicted octanol–water partition coefficient (Wildman–Crippen LogP) is 2.14. The van der Waals surface area contributed by atoms with Crippen molar-refractivity contribution in [3.05, 3.63) is 36.0 Å². The molecule has 3 rings (SSSR count). The fraction of sp³-hybridized carbons (Fsp3) is 0.471. The van der Waals surface area contributed by atoms with E-state index in [0.29, 0.717) is 6.42 Å². The summed E-state index contributed by atoms with van der Waals surface area (Å²) in [7, 11) is 1.72. The molecule has 1 saturated carbocycles. The minimum atomic E-state index is -0.527. The fourth-order valence-electron chi connectivity index (χ4n) is 3.22. The predicted molar refractivity (Wildman–Crippen MR) is 93.8 cm³/mol. The van der Waals surface area contributed by atoms with E-state index in [9.17, 15) is 4.79 Å². The van der Waals surface area contributed by atoms with Gasteiger partial charge in [-0.2, -0.15) is 0 Å². The van der Waals surface area contributed by atoms with E-state index >= 15 is 0 Å². The van der Waals surface area contributed by atoms with Gasteiger partial charge in [-0.1, -0.05) is 18.2 Å². The summed E-state index contributed by atoms with van der Waals surface area (Å²) in [4.78, 5) is 15.5. The van der Waals surface area contributed by atoms with Crippen molar-refractivity contribution in [3.8, 4) is 0 Å². The molecular weight excluding hydrogens is 314 g/mol. The van der Waals surface area contributed by atoms with Crippen molar-refractivity contribution in [3.63, 3.8) is 0 Å². The van der Waals surface area contributed by atoms with Crippen molar-refractivity contribution in [2.75, 3.05) is 7.11 Å². The molecule has 1 fully saturated rings. The number of nitrogens with two attached hydrogens (primary N) is 1. The highest BCUT2D eigenvalue weighted by molar-refractivity contribution is 5.86. The molecule has 0 spiro atoms. The van der Waals surface area contributed by atoms with Crippen LogP contribution in [0, 0.1) is 0 Å². The maximum Gasteiger partial charge on any atom is 0.237 e. The van der Waals surface area contributed by atoms with Crippen LogP contribution < -0.4 is 11.1 Å². The maximum absolute atomic E-state index is 12.3. The van der Waals surface area contributed by atoms with E-state index in [4.69, 9.17) is 10.5 Å². The molecule has 23 heavy (non-hydrogen) atoms. The summed E-state index contributed by atoms with van der Waals surface area (Å²) in [6, 6.07) is 7.71. The van der Waals surface area contributed by atoms with Crippen LogP contribution in [0.3, 0.4) is 0 Å². The number of aromatic nitrogens is 1. The lowest BCUT2D eigenvalue weighted by atomic mass is 10.0. The van der Waals surface area contributed by atoms with E-state index in [1.807, 2.05) is 30.5 Å². The van der Waals surface area contributed by atoms with E-state index in [1.54, 1.807) is 7.11 Å². The monoisotopic (exact) mass is 337 g/mol. The van der Waals surface area contributed by atoms with Crippen molar-refractivity contribution in [2.24, 2.45) is 5.73 Å². The molecule has 6 heteroatoms. The van der Waals surface area contributed by atoms with Gasteiger partial charge < -0.3 is 20.8 Å². The number of carbonyl (C=O) groups is 1. The standard InChI is InChI=1S/C17H23N3O2.ClH/c1-22-13-7-6-12(9-13)20-17(21)15(18)8-11-10-19-16-5-3-2-4-14(11)16;/h2-5,10,12-13,15,19H,6-9,18H2,1H3,(H,20,21);1H/t12?,13?,15-;/m0./s1. The number of para-hydroxylation sites is 1. The highest BCUT2D eigenvalue weighted by Crippen LogP contribution is 2.22. The molecule has 126 valence electrons. The van der Waals surface area contributed by atoms with Gasteiger partial charge in [0.1, 0.15) is 0 Å². The molecule has 0 saturated heterocycles. The zero-order valence-corrected chi connectivity index (χ0v) is 14.1. The molecule has 0 bridgehead atoms. The summed E-state index contributed by atoms with van der Waals surface area (Å²) in [5.74, 6) is -0.0768. The van der Waals surface area contributed by atoms with E-state index in [-0.39, 0.29) is 30.5 Å². The Bertz CT molecular complexity index is 658. The first kappa shape index (κ1) is 17.8. The smallest absolute Gasteiger partial charge is 0.237 e. The number of carbonyl (C=O) groups excluding carboxylic acids is 1. The molecule has 1 heterocycles. The molecular formula is C17H24ClN3O2. The molecule has 0 radical (unpaired) electrons. The second kappa shape index (κ2) is 7.81. The Morgan fingerprint density at radius 1 is 1.43 bits per heavy atom. The van der Waals surface area contributed by atoms with Gasteiger partial charge >= 0.3 is 0 Å². The van der Waals surface area contributed by atoms with Gasteiger partial charge in [-0.15, -0.1) is 12.4 Å². The number of fused-ring (bicyclic) bond motifs is 1. The quantitative estimate of drug-likeness (QED) is 0.782. The van der Waals surface area contributed by atoms with Gasteiger partial charge in [-0.05, 0) is 37.3 Å². The van der Waals surface area contributed by atoms with Crippen LogP contribution in [0.5, 0.6) is 0 Å². The number of hydrogen-bond acceptors (Lipinski definition) is 3. The Kier molecular flexibility index (Phi) is 6.04. The van der Waals surface area contributed by atoms with Crippen LogP contribution in [0.25, 0.3) is 10.9 Å². The van der Waals surface area contributed by atoms with Gasteiger partial charge in [-0.25, -0.2) is 0 Å². The average Bonchev–Trinajstić information content (AvgIpc) is 3.14. The van der Waals surface area contributed by atoms with Gasteiger partial charge in [0, 0.05) is 30.3 Å². The van der Waals surface area contributed by atoms with Gasteiger partial charge in [0.2, 0.25) is 5.91 Å². The van der Waals surface area contributed by atoms with Crippen molar-refractivity contribution in [1.29, 1.82) is 0 Å². The molecule has 1 aromatic carbocycles. The molecule has 2 aromatic rings. The Balaban J connectivity index is 0.00000192. The number of halogens is 1. The highest BCUT2D eigenvalue weighted by atomic mass is 35.5. The molecule has 3 atom stereocenters. The molecule has 0 aliphatic heterocycles. The molecule has 5 nitrogen and oxygen atoms in total. The van der Waals surface area contributed by atoms with Gasteiger partial charge in [0.15, 0.2) is 0 Å². The van der Waals surface area contributed by atoms with Crippen LogP contribution in [-0.2, 0) is 16.0 Å². The SMILES string of the molecule is COC1CCC(NC(=O)[C@@H](N)Cc2c[nH]c3ccccc23)C1.Cl. The number of nitrogens with one attached hydrogen (secondary N) is 2. The second-order valence-corrected chi connectivity index (χ2v) is 6.05. The van der Waals surface area contributed by atoms with Crippen molar-refractivity contribution >= 4 is 29.2 Å². The third-order valence-electron chi connectivity index (χ3n) is 4.52. The summed E-state index contributed by atoms with van der Waals surface area (Å²) in [5, 5.41) is 4.18. The summed E-state index contributed by atoms with van der Waals surface area (Å²) in [6.07, 6.45) is 5.57. The van der Waals surface area contributed by atoms with E-state index < -0.39 is 6.04 Å². The Morgan fingerprint density at radius 3 is 2.96 bits per heavy atom. The van der Waals surface area contributed by atoms with Crippen LogP contribution >= 0.6 is 12.4 Å². The number of benzene rings is 1. The lowest BCUT2D eigenvalue weighted by Gasteiger charge is -2.17. The fourth-order valence-corrected chi connectivity index (χ4v) is 3.22. The van der Waals surface area contributed by atoms with Crippen LogP contribution in [0.2, 0.25) is 0 Å². The zero-order chi connectivity index (χ0) is 15.5. The lowest BCUT2D eigenvalue weighted by Crippen LogP contribution is -2.45. The number of amides is 1. The third kappa shape index (κ3) is 4.05. The Hall–Kier alpha value is -1.56. The molecule has 1 aliphatic rings. The van der Waals surface area contributed by atoms with Crippen LogP contribution in [0.15, 0.2) is 30.5 Å². The van der Waals surface area contributed by atoms with E-state index in [1.165, 1.54) is 0 Å². The van der Waals surface area contributed by atoms with Gasteiger partial charge in [0.25, 0.3) is 0 Å². The summed E-state index contributed by atoms with van der Waals surface area (Å²) in [6.45, 7) is 0. The average molecular weight is 338 g/mol. The van der Waals surface area contributed by atoms with Crippen LogP contribution in [-0.4, -0.2) is 36.2 Å². The van der Waals surface area contributed by atoms with Crippen molar-refractivity contribution in [2.45, 2.75) is 43.9 Å². The lowest BCUT2D eigenvalue weighted by molar-refractivity contribution is -0.123. The summed E-state index contributed by atoms with van der Waals surface area (Å²) >= 11 is 0. The Morgan fingerprint density at radius 2 is 2.22 bits per heavy atom. The molecule has 1 aromatic heterocycles. The number of methoxy groups -OCH3 is 1. The number of ether oxygens (including phenoxy) is 1. The molecule has 2 unspecified atom stereocenters. The topological polar surface area (TPSA) is 80.1 Å². The minimum absolute atomic E-state index is 0. The number of H-pyrrole nitrogens is 1. The number of hydrogen-bond donors (Lipinski definition) is 3. The first-order chi connectivity index (χ1) is 10.7. The normalized spacial score (nSPS) is 21.8. The van der Waals surface area contributed by atoms with Gasteiger partial charge in [0.05, 0.1) is 12.1 Å². The highest BCUT2D eigenvalue weighted by Gasteiger charge is 2.27. The number of rotatable bonds is 5. The maximum atomic E-state index is 12.3. The molecule has 1 aliphatic carbocycles. The summed E-state index contributed by atoms with van der Waals surface area (Å²) < 4.78 is 5.33. The number of aromatic amines is 1. The van der Waals surface area contributed by atoms with Crippen LogP contribution in [0.4, 0.5) is 0 Å². The van der Waals surface area contributed by atoms with E-state index in [2.05, 4.69) is 10.3 Å². The molecule has 4 N–H and O–H groups in total. The molecule has 1 amide bonds. The van der Waals surface area contributed by atoms with Crippen LogP contribution in [0.1, 0.15) is 24.8 Å². The second-order valence-electron chi connectivity index (χ2n) is 6.05. The summed E-state index contributed by atoms with van der Waals surface area (Å²) in [5.41, 5.74) is 8.24.